The first kappa shape index (κ1) is 12.6. The number of rotatable bonds is 3. The molecule has 0 radical (unpaired) electrons. The van der Waals surface area contributed by atoms with Gasteiger partial charge in [-0.25, -0.2) is 0 Å². The Balaban J connectivity index is 2.37. The van der Waals surface area contributed by atoms with Crippen LogP contribution in [0.15, 0.2) is 33.4 Å². The molecule has 2 nitrogen and oxygen atoms in total. The molecule has 88 valence electrons. The van der Waals surface area contributed by atoms with Crippen LogP contribution in [0.4, 0.5) is 0 Å². The van der Waals surface area contributed by atoms with Gasteiger partial charge in [0, 0.05) is 16.5 Å². The normalized spacial score (nSPS) is 10.3. The predicted octanol–water partition coefficient (Wildman–Crippen LogP) is 4.40. The number of methoxy groups -OCH3 is 1. The monoisotopic (exact) mass is 330 g/mol. The summed E-state index contributed by atoms with van der Waals surface area (Å²) in [6.45, 7) is 0. The third-order valence-corrected chi connectivity index (χ3v) is 4.07. The van der Waals surface area contributed by atoms with Crippen LogP contribution in [0, 0.1) is 0 Å². The molecule has 2 rings (SSSR count). The lowest BCUT2D eigenvalue weighted by Crippen LogP contribution is -2.00. The molecule has 0 fully saturated rings. The minimum Gasteiger partial charge on any atom is -0.497 e. The Kier molecular flexibility index (Phi) is 3.86. The Morgan fingerprint density at radius 3 is 2.71 bits per heavy atom. The van der Waals surface area contributed by atoms with E-state index in [4.69, 9.17) is 16.3 Å². The SMILES string of the molecule is COc1ccc(C(=O)c2csc(Br)c2)c(Cl)c1. The van der Waals surface area contributed by atoms with Gasteiger partial charge in [-0.1, -0.05) is 11.6 Å². The molecular weight excluding hydrogens is 324 g/mol. The van der Waals surface area contributed by atoms with E-state index < -0.39 is 0 Å². The topological polar surface area (TPSA) is 26.3 Å². The van der Waals surface area contributed by atoms with Crippen molar-refractivity contribution in [3.05, 3.63) is 49.6 Å². The molecule has 0 spiro atoms. The van der Waals surface area contributed by atoms with Crippen molar-refractivity contribution in [1.82, 2.24) is 0 Å². The summed E-state index contributed by atoms with van der Waals surface area (Å²) in [6, 6.07) is 6.82. The molecule has 0 aliphatic heterocycles. The Morgan fingerprint density at radius 2 is 2.18 bits per heavy atom. The Labute approximate surface area is 116 Å². The maximum Gasteiger partial charge on any atom is 0.195 e. The zero-order valence-electron chi connectivity index (χ0n) is 8.87. The van der Waals surface area contributed by atoms with Crippen molar-refractivity contribution in [2.24, 2.45) is 0 Å². The van der Waals surface area contributed by atoms with Crippen molar-refractivity contribution in [1.29, 1.82) is 0 Å². The van der Waals surface area contributed by atoms with E-state index in [1.54, 1.807) is 36.8 Å². The van der Waals surface area contributed by atoms with Crippen LogP contribution in [0.2, 0.25) is 5.02 Å². The molecule has 1 aromatic heterocycles. The van der Waals surface area contributed by atoms with Crippen LogP contribution in [-0.4, -0.2) is 12.9 Å². The second-order valence-corrected chi connectivity index (χ2v) is 6.01. The molecule has 1 heterocycles. The smallest absolute Gasteiger partial charge is 0.195 e. The van der Waals surface area contributed by atoms with Gasteiger partial charge >= 0.3 is 0 Å². The van der Waals surface area contributed by atoms with Crippen LogP contribution in [-0.2, 0) is 0 Å². The molecule has 0 aliphatic carbocycles. The fourth-order valence-electron chi connectivity index (χ4n) is 1.39. The minimum atomic E-state index is -0.0837. The standard InChI is InChI=1S/C12H8BrClO2S/c1-16-8-2-3-9(10(14)5-8)12(15)7-4-11(13)17-6-7/h2-6H,1H3. The summed E-state index contributed by atoms with van der Waals surface area (Å²) < 4.78 is 5.96. The van der Waals surface area contributed by atoms with Gasteiger partial charge in [0.15, 0.2) is 5.78 Å². The molecule has 0 unspecified atom stereocenters. The van der Waals surface area contributed by atoms with Gasteiger partial charge in [0.1, 0.15) is 5.75 Å². The average molecular weight is 332 g/mol. The maximum absolute atomic E-state index is 12.1. The van der Waals surface area contributed by atoms with Gasteiger partial charge in [0.25, 0.3) is 0 Å². The van der Waals surface area contributed by atoms with Crippen molar-refractivity contribution < 1.29 is 9.53 Å². The third kappa shape index (κ3) is 2.70. The van der Waals surface area contributed by atoms with E-state index in [9.17, 15) is 4.79 Å². The van der Waals surface area contributed by atoms with Gasteiger partial charge in [0.2, 0.25) is 0 Å². The molecule has 0 saturated carbocycles. The summed E-state index contributed by atoms with van der Waals surface area (Å²) >= 11 is 10.8. The summed E-state index contributed by atoms with van der Waals surface area (Å²) in [7, 11) is 1.56. The zero-order valence-corrected chi connectivity index (χ0v) is 12.0. The number of carbonyl (C=O) groups is 1. The molecule has 0 bridgehead atoms. The van der Waals surface area contributed by atoms with Gasteiger partial charge in [-0.05, 0) is 40.2 Å². The lowest BCUT2D eigenvalue weighted by atomic mass is 10.1. The minimum absolute atomic E-state index is 0.0837. The van der Waals surface area contributed by atoms with E-state index in [1.165, 1.54) is 11.3 Å². The van der Waals surface area contributed by atoms with E-state index in [-0.39, 0.29) is 5.78 Å². The lowest BCUT2D eigenvalue weighted by molar-refractivity contribution is 0.103. The maximum atomic E-state index is 12.1. The van der Waals surface area contributed by atoms with Gasteiger partial charge in [0.05, 0.1) is 15.9 Å². The Hall–Kier alpha value is -0.840. The number of carbonyl (C=O) groups excluding carboxylic acids is 1. The van der Waals surface area contributed by atoms with E-state index >= 15 is 0 Å². The first-order chi connectivity index (χ1) is 8.11. The molecule has 1 aromatic carbocycles. The van der Waals surface area contributed by atoms with Crippen LogP contribution < -0.4 is 4.74 Å². The molecule has 0 atom stereocenters. The average Bonchev–Trinajstić information content (AvgIpc) is 2.75. The van der Waals surface area contributed by atoms with Gasteiger partial charge in [-0.15, -0.1) is 11.3 Å². The Bertz CT molecular complexity index is 565. The molecule has 0 N–H and O–H groups in total. The number of benzene rings is 1. The summed E-state index contributed by atoms with van der Waals surface area (Å²) in [6.07, 6.45) is 0. The first-order valence-electron chi connectivity index (χ1n) is 4.74. The fraction of sp³-hybridized carbons (Fsp3) is 0.0833. The fourth-order valence-corrected chi connectivity index (χ4v) is 2.78. The second kappa shape index (κ2) is 5.21. The highest BCUT2D eigenvalue weighted by atomic mass is 79.9. The molecule has 5 heteroatoms. The number of hydrogen-bond donors (Lipinski definition) is 0. The predicted molar refractivity (Wildman–Crippen MR) is 73.5 cm³/mol. The van der Waals surface area contributed by atoms with Crippen molar-refractivity contribution in [3.63, 3.8) is 0 Å². The van der Waals surface area contributed by atoms with Crippen LogP contribution in [0.3, 0.4) is 0 Å². The van der Waals surface area contributed by atoms with Crippen LogP contribution in [0.1, 0.15) is 15.9 Å². The van der Waals surface area contributed by atoms with Crippen molar-refractivity contribution in [3.8, 4) is 5.75 Å². The quantitative estimate of drug-likeness (QED) is 0.779. The second-order valence-electron chi connectivity index (χ2n) is 3.31. The highest BCUT2D eigenvalue weighted by Crippen LogP contribution is 2.27. The van der Waals surface area contributed by atoms with E-state index in [0.29, 0.717) is 21.9 Å². The number of ether oxygens (including phenoxy) is 1. The highest BCUT2D eigenvalue weighted by molar-refractivity contribution is 9.11. The highest BCUT2D eigenvalue weighted by Gasteiger charge is 2.14. The number of ketones is 1. The van der Waals surface area contributed by atoms with Crippen LogP contribution >= 0.6 is 38.9 Å². The summed E-state index contributed by atoms with van der Waals surface area (Å²) in [5.41, 5.74) is 1.12. The number of hydrogen-bond acceptors (Lipinski definition) is 3. The van der Waals surface area contributed by atoms with E-state index in [1.807, 2.05) is 0 Å². The van der Waals surface area contributed by atoms with E-state index in [0.717, 1.165) is 3.79 Å². The first-order valence-corrected chi connectivity index (χ1v) is 6.79. The van der Waals surface area contributed by atoms with Crippen molar-refractivity contribution in [2.45, 2.75) is 0 Å². The van der Waals surface area contributed by atoms with Crippen molar-refractivity contribution >= 4 is 44.7 Å². The van der Waals surface area contributed by atoms with Crippen LogP contribution in [0.5, 0.6) is 5.75 Å². The van der Waals surface area contributed by atoms with Gasteiger partial charge in [-0.3, -0.25) is 4.79 Å². The molecule has 17 heavy (non-hydrogen) atoms. The summed E-state index contributed by atoms with van der Waals surface area (Å²) in [5.74, 6) is 0.553. The van der Waals surface area contributed by atoms with Crippen molar-refractivity contribution in [2.75, 3.05) is 7.11 Å². The molecule has 0 amide bonds. The number of halogens is 2. The van der Waals surface area contributed by atoms with Gasteiger partial charge < -0.3 is 4.74 Å². The lowest BCUT2D eigenvalue weighted by Gasteiger charge is -2.04. The van der Waals surface area contributed by atoms with E-state index in [2.05, 4.69) is 15.9 Å². The molecule has 0 aliphatic rings. The summed E-state index contributed by atoms with van der Waals surface area (Å²) in [4.78, 5) is 12.1. The third-order valence-electron chi connectivity index (χ3n) is 2.25. The largest absolute Gasteiger partial charge is 0.497 e. The number of thiophene rings is 1. The molecular formula is C12H8BrClO2S. The molecule has 2 aromatic rings. The summed E-state index contributed by atoms with van der Waals surface area (Å²) in [5, 5.41) is 2.20. The zero-order chi connectivity index (χ0) is 12.4. The molecule has 0 saturated heterocycles. The Morgan fingerprint density at radius 1 is 1.41 bits per heavy atom. The van der Waals surface area contributed by atoms with Crippen LogP contribution in [0.25, 0.3) is 0 Å². The van der Waals surface area contributed by atoms with Gasteiger partial charge in [-0.2, -0.15) is 0 Å².